The second-order valence-corrected chi connectivity index (χ2v) is 6.05. The Morgan fingerprint density at radius 1 is 1.36 bits per heavy atom. The number of rotatable bonds is 5. The third-order valence-corrected chi connectivity index (χ3v) is 3.89. The minimum absolute atomic E-state index is 0.181. The number of aromatic nitrogens is 2. The molecule has 1 aromatic heterocycles. The molecule has 22 heavy (non-hydrogen) atoms. The molecule has 0 aliphatic heterocycles. The van der Waals surface area contributed by atoms with E-state index >= 15 is 0 Å². The van der Waals surface area contributed by atoms with Gasteiger partial charge in [-0.25, -0.2) is 4.98 Å². The number of methoxy groups -OCH3 is 1. The number of hydrogen-bond acceptors (Lipinski definition) is 3. The molecule has 0 radical (unpaired) electrons. The van der Waals surface area contributed by atoms with Crippen molar-refractivity contribution in [3.63, 3.8) is 0 Å². The van der Waals surface area contributed by atoms with Gasteiger partial charge in [-0.05, 0) is 37.6 Å². The summed E-state index contributed by atoms with van der Waals surface area (Å²) in [5.41, 5.74) is 0.137. The van der Waals surface area contributed by atoms with Crippen molar-refractivity contribution >= 4 is 40.8 Å². The van der Waals surface area contributed by atoms with Crippen molar-refractivity contribution in [2.45, 2.75) is 19.4 Å². The standard InChI is InChI=1S/C16H16Cl2N2O2/c1-16(2,22-3)15(21)14(20-7-6-19-10-20)8-11-4-5-12(17)9-13(11)18/h4-10H,1-3H3. The molecule has 2 aromatic rings. The van der Waals surface area contributed by atoms with Gasteiger partial charge in [0.15, 0.2) is 0 Å². The number of halogens is 2. The van der Waals surface area contributed by atoms with E-state index in [1.54, 1.807) is 61.4 Å². The number of ketones is 1. The average molecular weight is 339 g/mol. The van der Waals surface area contributed by atoms with Gasteiger partial charge in [-0.15, -0.1) is 0 Å². The van der Waals surface area contributed by atoms with Crippen LogP contribution in [0.15, 0.2) is 36.9 Å². The third kappa shape index (κ3) is 3.58. The van der Waals surface area contributed by atoms with Gasteiger partial charge in [0.2, 0.25) is 5.78 Å². The Morgan fingerprint density at radius 3 is 2.64 bits per heavy atom. The molecule has 0 amide bonds. The molecule has 0 aliphatic carbocycles. The highest BCUT2D eigenvalue weighted by Crippen LogP contribution is 2.26. The van der Waals surface area contributed by atoms with Crippen molar-refractivity contribution < 1.29 is 9.53 Å². The second kappa shape index (κ2) is 6.65. The second-order valence-electron chi connectivity index (χ2n) is 5.21. The molecular formula is C16H16Cl2N2O2. The first-order chi connectivity index (χ1) is 10.3. The number of carbonyl (C=O) groups excluding carboxylic acids is 1. The molecule has 0 aliphatic rings. The Morgan fingerprint density at radius 2 is 2.09 bits per heavy atom. The maximum absolute atomic E-state index is 12.8. The minimum Gasteiger partial charge on any atom is -0.371 e. The van der Waals surface area contributed by atoms with Gasteiger partial charge in [-0.2, -0.15) is 0 Å². The molecular weight excluding hydrogens is 323 g/mol. The molecule has 1 heterocycles. The molecule has 2 rings (SSSR count). The zero-order valence-electron chi connectivity index (χ0n) is 12.5. The van der Waals surface area contributed by atoms with Crippen molar-refractivity contribution in [1.29, 1.82) is 0 Å². The summed E-state index contributed by atoms with van der Waals surface area (Å²) in [6.45, 7) is 3.42. The summed E-state index contributed by atoms with van der Waals surface area (Å²) in [6.07, 6.45) is 6.55. The lowest BCUT2D eigenvalue weighted by molar-refractivity contribution is -0.131. The van der Waals surface area contributed by atoms with Crippen LogP contribution >= 0.6 is 23.2 Å². The first-order valence-corrected chi connectivity index (χ1v) is 7.36. The largest absolute Gasteiger partial charge is 0.371 e. The maximum atomic E-state index is 12.8. The van der Waals surface area contributed by atoms with Crippen LogP contribution in [-0.2, 0) is 9.53 Å². The smallest absolute Gasteiger partial charge is 0.210 e. The predicted molar refractivity (Wildman–Crippen MR) is 89.0 cm³/mol. The Kier molecular flexibility index (Phi) is 5.06. The van der Waals surface area contributed by atoms with E-state index < -0.39 is 5.60 Å². The van der Waals surface area contributed by atoms with Gasteiger partial charge in [0.05, 0.1) is 12.0 Å². The molecule has 0 spiro atoms. The molecule has 0 unspecified atom stereocenters. The molecule has 0 N–H and O–H groups in total. The first-order valence-electron chi connectivity index (χ1n) is 6.60. The van der Waals surface area contributed by atoms with Gasteiger partial charge in [0.25, 0.3) is 0 Å². The van der Waals surface area contributed by atoms with Crippen molar-refractivity contribution in [3.05, 3.63) is 52.5 Å². The highest BCUT2D eigenvalue weighted by molar-refractivity contribution is 6.36. The van der Waals surface area contributed by atoms with Gasteiger partial charge in [-0.1, -0.05) is 29.3 Å². The van der Waals surface area contributed by atoms with Crippen LogP contribution in [0.2, 0.25) is 10.0 Å². The monoisotopic (exact) mass is 338 g/mol. The van der Waals surface area contributed by atoms with Gasteiger partial charge < -0.3 is 9.30 Å². The van der Waals surface area contributed by atoms with E-state index in [9.17, 15) is 4.79 Å². The molecule has 116 valence electrons. The van der Waals surface area contributed by atoms with Crippen molar-refractivity contribution in [1.82, 2.24) is 9.55 Å². The molecule has 0 atom stereocenters. The number of ether oxygens (including phenoxy) is 1. The fraction of sp³-hybridized carbons (Fsp3) is 0.250. The first kappa shape index (κ1) is 16.7. The van der Waals surface area contributed by atoms with Crippen LogP contribution in [-0.4, -0.2) is 28.0 Å². The third-order valence-electron chi connectivity index (χ3n) is 3.33. The summed E-state index contributed by atoms with van der Waals surface area (Å²) >= 11 is 12.1. The number of imidazole rings is 1. The molecule has 4 nitrogen and oxygen atoms in total. The summed E-state index contributed by atoms with van der Waals surface area (Å²) in [6, 6.07) is 5.11. The lowest BCUT2D eigenvalue weighted by Gasteiger charge is -2.23. The van der Waals surface area contributed by atoms with E-state index in [0.29, 0.717) is 21.3 Å². The number of hydrogen-bond donors (Lipinski definition) is 0. The molecule has 0 fully saturated rings. The SMILES string of the molecule is COC(C)(C)C(=O)C(=Cc1ccc(Cl)cc1Cl)n1ccnc1. The molecule has 0 saturated heterocycles. The predicted octanol–water partition coefficient (Wildman–Crippen LogP) is 4.18. The molecule has 0 saturated carbocycles. The van der Waals surface area contributed by atoms with Crippen molar-refractivity contribution in [3.8, 4) is 0 Å². The zero-order chi connectivity index (χ0) is 16.3. The summed E-state index contributed by atoms with van der Waals surface area (Å²) in [5, 5.41) is 1.00. The van der Waals surface area contributed by atoms with Gasteiger partial charge in [-0.3, -0.25) is 4.79 Å². The van der Waals surface area contributed by atoms with Crippen LogP contribution in [0.1, 0.15) is 19.4 Å². The Bertz CT molecular complexity index is 707. The van der Waals surface area contributed by atoms with Crippen molar-refractivity contribution in [2.75, 3.05) is 7.11 Å². The van der Waals surface area contributed by atoms with E-state index in [1.165, 1.54) is 7.11 Å². The van der Waals surface area contributed by atoms with E-state index in [2.05, 4.69) is 4.98 Å². The topological polar surface area (TPSA) is 44.1 Å². The highest BCUT2D eigenvalue weighted by atomic mass is 35.5. The number of nitrogens with zero attached hydrogens (tertiary/aromatic N) is 2. The van der Waals surface area contributed by atoms with Crippen LogP contribution < -0.4 is 0 Å². The van der Waals surface area contributed by atoms with E-state index in [1.807, 2.05) is 0 Å². The lowest BCUT2D eigenvalue weighted by Crippen LogP contribution is -2.35. The van der Waals surface area contributed by atoms with Crippen LogP contribution in [0, 0.1) is 0 Å². The summed E-state index contributed by atoms with van der Waals surface area (Å²) in [5.74, 6) is -0.181. The Labute approximate surface area is 139 Å². The molecule has 6 heteroatoms. The van der Waals surface area contributed by atoms with Gasteiger partial charge in [0, 0.05) is 29.5 Å². The van der Waals surface area contributed by atoms with Crippen LogP contribution in [0.4, 0.5) is 0 Å². The summed E-state index contributed by atoms with van der Waals surface area (Å²) < 4.78 is 6.92. The quantitative estimate of drug-likeness (QED) is 0.768. The summed E-state index contributed by atoms with van der Waals surface area (Å²) in [7, 11) is 1.50. The van der Waals surface area contributed by atoms with E-state index in [4.69, 9.17) is 27.9 Å². The van der Waals surface area contributed by atoms with E-state index in [0.717, 1.165) is 0 Å². The lowest BCUT2D eigenvalue weighted by atomic mass is 9.99. The van der Waals surface area contributed by atoms with Gasteiger partial charge >= 0.3 is 0 Å². The molecule has 1 aromatic carbocycles. The van der Waals surface area contributed by atoms with Crippen molar-refractivity contribution in [2.24, 2.45) is 0 Å². The Hall–Kier alpha value is -1.62. The highest BCUT2D eigenvalue weighted by Gasteiger charge is 2.31. The number of benzene rings is 1. The normalized spacial score (nSPS) is 12.5. The minimum atomic E-state index is -0.963. The van der Waals surface area contributed by atoms with Crippen LogP contribution in [0.5, 0.6) is 0 Å². The molecule has 0 bridgehead atoms. The fourth-order valence-electron chi connectivity index (χ4n) is 1.83. The Balaban J connectivity index is 2.54. The number of carbonyl (C=O) groups is 1. The zero-order valence-corrected chi connectivity index (χ0v) is 14.0. The van der Waals surface area contributed by atoms with Crippen LogP contribution in [0.25, 0.3) is 11.8 Å². The maximum Gasteiger partial charge on any atom is 0.210 e. The van der Waals surface area contributed by atoms with E-state index in [-0.39, 0.29) is 5.78 Å². The van der Waals surface area contributed by atoms with Crippen LogP contribution in [0.3, 0.4) is 0 Å². The number of Topliss-reactive ketones (excluding diaryl/α,β-unsaturated/α-hetero) is 1. The average Bonchev–Trinajstić information content (AvgIpc) is 3.00. The summed E-state index contributed by atoms with van der Waals surface area (Å²) in [4.78, 5) is 16.8. The van der Waals surface area contributed by atoms with Gasteiger partial charge in [0.1, 0.15) is 5.60 Å². The fourth-order valence-corrected chi connectivity index (χ4v) is 2.29.